The van der Waals surface area contributed by atoms with E-state index in [1.165, 1.54) is 0 Å². The van der Waals surface area contributed by atoms with E-state index in [2.05, 4.69) is 15.9 Å². The molecule has 0 aliphatic heterocycles. The van der Waals surface area contributed by atoms with Crippen LogP contribution in [0.5, 0.6) is 0 Å². The Labute approximate surface area is 97.1 Å². The molecule has 2 atom stereocenters. The monoisotopic (exact) mass is 269 g/mol. The minimum Gasteiger partial charge on any atom is -0.389 e. The summed E-state index contributed by atoms with van der Waals surface area (Å²) in [5, 5.41) is 27.6. The minimum atomic E-state index is -1.03. The van der Waals surface area contributed by atoms with Gasteiger partial charge in [-0.1, -0.05) is 28.1 Å². The molecule has 0 spiro atoms. The van der Waals surface area contributed by atoms with E-state index in [9.17, 15) is 10.2 Å². The van der Waals surface area contributed by atoms with E-state index in [1.807, 2.05) is 19.1 Å². The van der Waals surface area contributed by atoms with E-state index in [0.29, 0.717) is 5.56 Å². The van der Waals surface area contributed by atoms with Crippen molar-refractivity contribution in [3.63, 3.8) is 0 Å². The van der Waals surface area contributed by atoms with Crippen LogP contribution in [0.3, 0.4) is 0 Å². The van der Waals surface area contributed by atoms with E-state index in [-0.39, 0.29) is 6.42 Å². The van der Waals surface area contributed by atoms with Crippen molar-refractivity contribution in [2.24, 2.45) is 0 Å². The van der Waals surface area contributed by atoms with Gasteiger partial charge < -0.3 is 10.2 Å². The van der Waals surface area contributed by atoms with Crippen molar-refractivity contribution in [2.45, 2.75) is 25.6 Å². The van der Waals surface area contributed by atoms with Crippen LogP contribution in [-0.2, 0) is 0 Å². The Morgan fingerprint density at radius 1 is 1.47 bits per heavy atom. The fourth-order valence-electron chi connectivity index (χ4n) is 1.28. The van der Waals surface area contributed by atoms with Crippen molar-refractivity contribution >= 4 is 15.9 Å². The predicted octanol–water partition coefficient (Wildman–Crippen LogP) is 2.07. The zero-order chi connectivity index (χ0) is 11.4. The topological polar surface area (TPSA) is 64.2 Å². The third-order valence-corrected chi connectivity index (χ3v) is 3.08. The maximum absolute atomic E-state index is 9.72. The summed E-state index contributed by atoms with van der Waals surface area (Å²) in [7, 11) is 0. The molecule has 2 N–H and O–H groups in total. The minimum absolute atomic E-state index is 0.0731. The fourth-order valence-corrected chi connectivity index (χ4v) is 1.53. The molecule has 15 heavy (non-hydrogen) atoms. The summed E-state index contributed by atoms with van der Waals surface area (Å²) in [4.78, 5) is 0. The highest BCUT2D eigenvalue weighted by molar-refractivity contribution is 9.10. The number of aliphatic hydroxyl groups excluding tert-OH is 2. The molecule has 4 heteroatoms. The zero-order valence-electron chi connectivity index (χ0n) is 8.31. The lowest BCUT2D eigenvalue weighted by Crippen LogP contribution is -2.17. The van der Waals surface area contributed by atoms with Gasteiger partial charge in [0, 0.05) is 4.47 Å². The smallest absolute Gasteiger partial charge is 0.106 e. The molecular formula is C11H12BrNO2. The van der Waals surface area contributed by atoms with Crippen molar-refractivity contribution < 1.29 is 10.2 Å². The van der Waals surface area contributed by atoms with Crippen molar-refractivity contribution in [1.82, 2.24) is 0 Å². The highest BCUT2D eigenvalue weighted by Gasteiger charge is 2.18. The first kappa shape index (κ1) is 12.2. The van der Waals surface area contributed by atoms with E-state index in [1.54, 1.807) is 12.1 Å². The standard InChI is InChI=1S/C11H12BrNO2/c1-7-6-8(2-3-9(7)12)11(15)10(14)4-5-13/h2-3,6,10-11,14-15H,4H2,1H3. The van der Waals surface area contributed by atoms with Gasteiger partial charge in [0.25, 0.3) is 0 Å². The second-order valence-electron chi connectivity index (χ2n) is 3.38. The largest absolute Gasteiger partial charge is 0.389 e. The van der Waals surface area contributed by atoms with Crippen molar-refractivity contribution in [2.75, 3.05) is 0 Å². The third kappa shape index (κ3) is 3.03. The van der Waals surface area contributed by atoms with E-state index >= 15 is 0 Å². The Balaban J connectivity index is 2.87. The van der Waals surface area contributed by atoms with Crippen LogP contribution < -0.4 is 0 Å². The second-order valence-corrected chi connectivity index (χ2v) is 4.24. The summed E-state index contributed by atoms with van der Waals surface area (Å²) in [5.74, 6) is 0. The molecule has 0 heterocycles. The number of rotatable bonds is 3. The molecule has 0 saturated carbocycles. The molecule has 3 nitrogen and oxygen atoms in total. The molecule has 0 amide bonds. The molecule has 0 saturated heterocycles. The van der Waals surface area contributed by atoms with Crippen LogP contribution in [0.25, 0.3) is 0 Å². The van der Waals surface area contributed by atoms with Crippen molar-refractivity contribution in [1.29, 1.82) is 5.26 Å². The summed E-state index contributed by atoms with van der Waals surface area (Å²) in [6.45, 7) is 1.90. The van der Waals surface area contributed by atoms with Gasteiger partial charge in [-0.05, 0) is 24.1 Å². The quantitative estimate of drug-likeness (QED) is 0.883. The first-order valence-electron chi connectivity index (χ1n) is 4.55. The van der Waals surface area contributed by atoms with Crippen LogP contribution in [0.2, 0.25) is 0 Å². The summed E-state index contributed by atoms with van der Waals surface area (Å²) in [5.41, 5.74) is 1.61. The number of nitrogens with zero attached hydrogens (tertiary/aromatic N) is 1. The molecule has 0 aliphatic carbocycles. The lowest BCUT2D eigenvalue weighted by atomic mass is 10.0. The molecule has 1 aromatic rings. The van der Waals surface area contributed by atoms with Crippen LogP contribution in [0.15, 0.2) is 22.7 Å². The Morgan fingerprint density at radius 3 is 2.67 bits per heavy atom. The molecular weight excluding hydrogens is 258 g/mol. The molecule has 1 rings (SSSR count). The Hall–Kier alpha value is -0.890. The Morgan fingerprint density at radius 2 is 2.13 bits per heavy atom. The highest BCUT2D eigenvalue weighted by atomic mass is 79.9. The molecule has 0 fully saturated rings. The molecule has 0 radical (unpaired) electrons. The fraction of sp³-hybridized carbons (Fsp3) is 0.364. The number of benzene rings is 1. The zero-order valence-corrected chi connectivity index (χ0v) is 9.90. The van der Waals surface area contributed by atoms with Crippen LogP contribution in [0.1, 0.15) is 23.7 Å². The molecule has 80 valence electrons. The Kier molecular flexibility index (Phi) is 4.28. The first-order valence-corrected chi connectivity index (χ1v) is 5.34. The molecule has 0 aliphatic rings. The average Bonchev–Trinajstić information content (AvgIpc) is 2.21. The predicted molar refractivity (Wildman–Crippen MR) is 60.1 cm³/mol. The summed E-state index contributed by atoms with van der Waals surface area (Å²) >= 11 is 3.35. The molecule has 2 unspecified atom stereocenters. The van der Waals surface area contributed by atoms with Gasteiger partial charge in [-0.2, -0.15) is 5.26 Å². The second kappa shape index (κ2) is 5.26. The summed E-state index contributed by atoms with van der Waals surface area (Å²) in [6, 6.07) is 7.15. The van der Waals surface area contributed by atoms with Crippen LogP contribution >= 0.6 is 15.9 Å². The molecule has 1 aromatic carbocycles. The summed E-state index contributed by atoms with van der Waals surface area (Å²) in [6.07, 6.45) is -2.11. The maximum Gasteiger partial charge on any atom is 0.106 e. The van der Waals surface area contributed by atoms with Gasteiger partial charge in [-0.15, -0.1) is 0 Å². The number of aliphatic hydroxyl groups is 2. The number of halogens is 1. The van der Waals surface area contributed by atoms with Gasteiger partial charge in [0.05, 0.1) is 18.6 Å². The highest BCUT2D eigenvalue weighted by Crippen LogP contribution is 2.24. The third-order valence-electron chi connectivity index (χ3n) is 2.19. The normalized spacial score (nSPS) is 14.3. The van der Waals surface area contributed by atoms with E-state index < -0.39 is 12.2 Å². The van der Waals surface area contributed by atoms with Crippen molar-refractivity contribution in [3.8, 4) is 6.07 Å². The Bertz CT molecular complexity index is 387. The average molecular weight is 270 g/mol. The van der Waals surface area contributed by atoms with Crippen LogP contribution in [-0.4, -0.2) is 16.3 Å². The maximum atomic E-state index is 9.72. The van der Waals surface area contributed by atoms with Gasteiger partial charge >= 0.3 is 0 Å². The number of hydrogen-bond acceptors (Lipinski definition) is 3. The van der Waals surface area contributed by atoms with E-state index in [4.69, 9.17) is 5.26 Å². The van der Waals surface area contributed by atoms with Gasteiger partial charge in [0.2, 0.25) is 0 Å². The summed E-state index contributed by atoms with van der Waals surface area (Å²) < 4.78 is 0.952. The van der Waals surface area contributed by atoms with E-state index in [0.717, 1.165) is 10.0 Å². The molecule has 0 aromatic heterocycles. The van der Waals surface area contributed by atoms with Crippen LogP contribution in [0.4, 0.5) is 0 Å². The van der Waals surface area contributed by atoms with Crippen molar-refractivity contribution in [3.05, 3.63) is 33.8 Å². The first-order chi connectivity index (χ1) is 7.06. The van der Waals surface area contributed by atoms with Gasteiger partial charge in [-0.3, -0.25) is 0 Å². The molecule has 0 bridgehead atoms. The van der Waals surface area contributed by atoms with Crippen LogP contribution in [0, 0.1) is 18.3 Å². The number of hydrogen-bond donors (Lipinski definition) is 2. The van der Waals surface area contributed by atoms with Gasteiger partial charge in [-0.25, -0.2) is 0 Å². The van der Waals surface area contributed by atoms with Gasteiger partial charge in [0.1, 0.15) is 6.10 Å². The lowest BCUT2D eigenvalue weighted by molar-refractivity contribution is 0.0216. The lowest BCUT2D eigenvalue weighted by Gasteiger charge is -2.16. The SMILES string of the molecule is Cc1cc(C(O)C(O)CC#N)ccc1Br. The number of nitriles is 1. The van der Waals surface area contributed by atoms with Gasteiger partial charge in [0.15, 0.2) is 0 Å². The number of aryl methyl sites for hydroxylation is 1.